The summed E-state index contributed by atoms with van der Waals surface area (Å²) in [5, 5.41) is 0.423. The van der Waals surface area contributed by atoms with Gasteiger partial charge < -0.3 is 9.64 Å². The molecule has 2 aromatic carbocycles. The third-order valence-corrected chi connectivity index (χ3v) is 6.90. The molecule has 0 radical (unpaired) electrons. The van der Waals surface area contributed by atoms with Crippen molar-refractivity contribution < 1.29 is 13.2 Å². The Balaban J connectivity index is 1.74. The minimum absolute atomic E-state index is 0.224. The number of anilines is 1. The molecule has 1 saturated heterocycles. The van der Waals surface area contributed by atoms with E-state index in [4.69, 9.17) is 16.3 Å². The molecular weight excluding hydrogens is 384 g/mol. The normalized spacial score (nSPS) is 15.7. The van der Waals surface area contributed by atoms with Crippen molar-refractivity contribution >= 4 is 27.3 Å². The Bertz CT molecular complexity index is 894. The lowest BCUT2D eigenvalue weighted by Gasteiger charge is -2.36. The first-order valence-electron chi connectivity index (χ1n) is 9.16. The molecule has 0 bridgehead atoms. The van der Waals surface area contributed by atoms with Gasteiger partial charge in [0.05, 0.1) is 16.5 Å². The van der Waals surface area contributed by atoms with Crippen LogP contribution in [-0.2, 0) is 10.0 Å². The molecule has 5 nitrogen and oxygen atoms in total. The summed E-state index contributed by atoms with van der Waals surface area (Å²) < 4.78 is 33.2. The zero-order chi connectivity index (χ0) is 19.4. The van der Waals surface area contributed by atoms with Crippen molar-refractivity contribution in [1.82, 2.24) is 4.31 Å². The number of para-hydroxylation sites is 1. The lowest BCUT2D eigenvalue weighted by Crippen LogP contribution is -2.48. The first kappa shape index (κ1) is 20.0. The van der Waals surface area contributed by atoms with E-state index in [1.807, 2.05) is 19.1 Å². The summed E-state index contributed by atoms with van der Waals surface area (Å²) in [6, 6.07) is 12.8. The lowest BCUT2D eigenvalue weighted by molar-refractivity contribution is 0.316. The standard InChI is InChI=1S/C20H25ClN2O3S/c1-3-14-26-20-15-17(8-9-18(20)21)27(24,25)23-12-10-22(11-13-23)19-7-5-4-6-16(19)2/h4-9,15H,3,10-14H2,1-2H3. The van der Waals surface area contributed by atoms with Crippen LogP contribution in [0.4, 0.5) is 5.69 Å². The predicted octanol–water partition coefficient (Wildman–Crippen LogP) is 3.95. The molecule has 7 heteroatoms. The molecule has 2 aromatic rings. The Morgan fingerprint density at radius 3 is 2.44 bits per heavy atom. The van der Waals surface area contributed by atoms with Gasteiger partial charge >= 0.3 is 0 Å². The Morgan fingerprint density at radius 2 is 1.78 bits per heavy atom. The summed E-state index contributed by atoms with van der Waals surface area (Å²) in [5.74, 6) is 0.415. The van der Waals surface area contributed by atoms with Gasteiger partial charge in [0.25, 0.3) is 0 Å². The molecule has 0 atom stereocenters. The number of nitrogens with zero attached hydrogens (tertiary/aromatic N) is 2. The van der Waals surface area contributed by atoms with E-state index in [0.29, 0.717) is 43.6 Å². The number of sulfonamides is 1. The van der Waals surface area contributed by atoms with E-state index < -0.39 is 10.0 Å². The molecule has 3 rings (SSSR count). The van der Waals surface area contributed by atoms with Gasteiger partial charge in [0.15, 0.2) is 0 Å². The van der Waals surface area contributed by atoms with Crippen molar-refractivity contribution in [3.05, 3.63) is 53.1 Å². The molecule has 0 unspecified atom stereocenters. The second-order valence-corrected chi connectivity index (χ2v) is 8.96. The molecule has 1 fully saturated rings. The minimum atomic E-state index is -3.57. The number of rotatable bonds is 6. The number of benzene rings is 2. The van der Waals surface area contributed by atoms with Crippen molar-refractivity contribution in [2.24, 2.45) is 0 Å². The number of halogens is 1. The van der Waals surface area contributed by atoms with Crippen molar-refractivity contribution in [1.29, 1.82) is 0 Å². The van der Waals surface area contributed by atoms with E-state index in [2.05, 4.69) is 24.0 Å². The van der Waals surface area contributed by atoms with Crippen LogP contribution in [0.1, 0.15) is 18.9 Å². The minimum Gasteiger partial charge on any atom is -0.492 e. The van der Waals surface area contributed by atoms with Gasteiger partial charge in [-0.1, -0.05) is 36.7 Å². The van der Waals surface area contributed by atoms with Crippen molar-refractivity contribution in [2.75, 3.05) is 37.7 Å². The molecule has 0 N–H and O–H groups in total. The van der Waals surface area contributed by atoms with Gasteiger partial charge in [-0.2, -0.15) is 4.31 Å². The number of piperazine rings is 1. The molecule has 0 aliphatic carbocycles. The fourth-order valence-electron chi connectivity index (χ4n) is 3.20. The Labute approximate surface area is 166 Å². The second kappa shape index (κ2) is 8.50. The number of aryl methyl sites for hydroxylation is 1. The van der Waals surface area contributed by atoms with Crippen molar-refractivity contribution in [3.63, 3.8) is 0 Å². The van der Waals surface area contributed by atoms with E-state index >= 15 is 0 Å². The van der Waals surface area contributed by atoms with Gasteiger partial charge in [0, 0.05) is 37.9 Å². The third-order valence-electron chi connectivity index (χ3n) is 4.70. The van der Waals surface area contributed by atoms with E-state index in [0.717, 1.165) is 12.1 Å². The SMILES string of the molecule is CCCOc1cc(S(=O)(=O)N2CCN(c3ccccc3C)CC2)ccc1Cl. The second-order valence-electron chi connectivity index (χ2n) is 6.62. The molecule has 27 heavy (non-hydrogen) atoms. The van der Waals surface area contributed by atoms with Crippen LogP contribution in [0, 0.1) is 6.92 Å². The van der Waals surface area contributed by atoms with Crippen LogP contribution in [0.15, 0.2) is 47.4 Å². The van der Waals surface area contributed by atoms with Gasteiger partial charge in [0.1, 0.15) is 5.75 Å². The van der Waals surface area contributed by atoms with Crippen LogP contribution >= 0.6 is 11.6 Å². The number of hydrogen-bond acceptors (Lipinski definition) is 4. The molecule has 1 aliphatic heterocycles. The van der Waals surface area contributed by atoms with Gasteiger partial charge in [0.2, 0.25) is 10.0 Å². The zero-order valence-corrected chi connectivity index (χ0v) is 17.3. The monoisotopic (exact) mass is 408 g/mol. The van der Waals surface area contributed by atoms with Gasteiger partial charge in [-0.15, -0.1) is 0 Å². The molecule has 0 amide bonds. The molecule has 146 valence electrons. The topological polar surface area (TPSA) is 49.9 Å². The predicted molar refractivity (Wildman–Crippen MR) is 109 cm³/mol. The lowest BCUT2D eigenvalue weighted by atomic mass is 10.1. The highest BCUT2D eigenvalue weighted by Crippen LogP contribution is 2.30. The van der Waals surface area contributed by atoms with E-state index in [1.165, 1.54) is 15.9 Å². The maximum absolute atomic E-state index is 13.0. The Hall–Kier alpha value is -1.76. The van der Waals surface area contributed by atoms with E-state index in [9.17, 15) is 8.42 Å². The van der Waals surface area contributed by atoms with Crippen molar-refractivity contribution in [3.8, 4) is 5.75 Å². The summed E-state index contributed by atoms with van der Waals surface area (Å²) in [6.07, 6.45) is 0.828. The van der Waals surface area contributed by atoms with Gasteiger partial charge in [-0.3, -0.25) is 0 Å². The average Bonchev–Trinajstić information content (AvgIpc) is 2.68. The fourth-order valence-corrected chi connectivity index (χ4v) is 4.81. The molecule has 0 spiro atoms. The Morgan fingerprint density at radius 1 is 1.07 bits per heavy atom. The largest absolute Gasteiger partial charge is 0.492 e. The molecule has 1 aliphatic rings. The molecule has 1 heterocycles. The quantitative estimate of drug-likeness (QED) is 0.726. The highest BCUT2D eigenvalue weighted by atomic mass is 35.5. The molecule has 0 aromatic heterocycles. The maximum atomic E-state index is 13.0. The van der Waals surface area contributed by atoms with Crippen LogP contribution in [0.3, 0.4) is 0 Å². The molecular formula is C20H25ClN2O3S. The number of hydrogen-bond donors (Lipinski definition) is 0. The van der Waals surface area contributed by atoms with Crippen LogP contribution in [-0.4, -0.2) is 45.5 Å². The van der Waals surface area contributed by atoms with Crippen LogP contribution in [0.25, 0.3) is 0 Å². The van der Waals surface area contributed by atoms with Crippen LogP contribution in [0.5, 0.6) is 5.75 Å². The zero-order valence-electron chi connectivity index (χ0n) is 15.7. The van der Waals surface area contributed by atoms with Gasteiger partial charge in [-0.25, -0.2) is 8.42 Å². The Kier molecular flexibility index (Phi) is 6.29. The summed E-state index contributed by atoms with van der Waals surface area (Å²) >= 11 is 6.13. The fraction of sp³-hybridized carbons (Fsp3) is 0.400. The summed E-state index contributed by atoms with van der Waals surface area (Å²) in [7, 11) is -3.57. The molecule has 0 saturated carbocycles. The van der Waals surface area contributed by atoms with Gasteiger partial charge in [-0.05, 0) is 37.1 Å². The van der Waals surface area contributed by atoms with E-state index in [1.54, 1.807) is 12.1 Å². The first-order chi connectivity index (χ1) is 12.9. The first-order valence-corrected chi connectivity index (χ1v) is 11.0. The third kappa shape index (κ3) is 4.39. The van der Waals surface area contributed by atoms with Crippen LogP contribution < -0.4 is 9.64 Å². The smallest absolute Gasteiger partial charge is 0.243 e. The maximum Gasteiger partial charge on any atom is 0.243 e. The average molecular weight is 409 g/mol. The highest BCUT2D eigenvalue weighted by molar-refractivity contribution is 7.89. The van der Waals surface area contributed by atoms with Crippen LogP contribution in [0.2, 0.25) is 5.02 Å². The number of ether oxygens (including phenoxy) is 1. The van der Waals surface area contributed by atoms with E-state index in [-0.39, 0.29) is 4.90 Å². The summed E-state index contributed by atoms with van der Waals surface area (Å²) in [5.41, 5.74) is 2.36. The van der Waals surface area contributed by atoms with Crippen molar-refractivity contribution in [2.45, 2.75) is 25.2 Å². The summed E-state index contributed by atoms with van der Waals surface area (Å²) in [4.78, 5) is 2.46. The highest BCUT2D eigenvalue weighted by Gasteiger charge is 2.29. The summed E-state index contributed by atoms with van der Waals surface area (Å²) in [6.45, 7) is 6.79.